The monoisotopic (exact) mass is 445 g/mol. The van der Waals surface area contributed by atoms with Crippen molar-refractivity contribution in [2.75, 3.05) is 11.9 Å². The van der Waals surface area contributed by atoms with E-state index in [1.54, 1.807) is 0 Å². The molecule has 1 saturated carbocycles. The van der Waals surface area contributed by atoms with Crippen molar-refractivity contribution in [3.8, 4) is 17.2 Å². The lowest BCUT2D eigenvalue weighted by molar-refractivity contribution is 0.247. The molecule has 0 unspecified atom stereocenters. The number of hydrogen-bond donors (Lipinski definition) is 2. The van der Waals surface area contributed by atoms with Crippen LogP contribution in [0.1, 0.15) is 11.5 Å². The van der Waals surface area contributed by atoms with Gasteiger partial charge in [0.1, 0.15) is 17.4 Å². The van der Waals surface area contributed by atoms with E-state index >= 15 is 0 Å². The SMILES string of the molecule is O=C(Nc1ccc(Oc2cccc(F)c2F)cn1)N[C@@H]1[C@H]2COc3c(F)ccc(F)c3[C@@H]21. The quantitative estimate of drug-likeness (QED) is 0.570. The molecule has 6 nitrogen and oxygen atoms in total. The number of benzene rings is 2. The van der Waals surface area contributed by atoms with Crippen molar-refractivity contribution in [2.24, 2.45) is 5.92 Å². The molecule has 2 aliphatic rings. The van der Waals surface area contributed by atoms with Crippen LogP contribution in [0.3, 0.4) is 0 Å². The van der Waals surface area contributed by atoms with Crippen LogP contribution in [0.15, 0.2) is 48.7 Å². The van der Waals surface area contributed by atoms with Gasteiger partial charge in [0.25, 0.3) is 0 Å². The third-order valence-electron chi connectivity index (χ3n) is 5.44. The molecule has 1 aliphatic carbocycles. The molecule has 5 rings (SSSR count). The number of amides is 2. The van der Waals surface area contributed by atoms with Crippen LogP contribution in [0.25, 0.3) is 0 Å². The Morgan fingerprint density at radius 2 is 1.84 bits per heavy atom. The summed E-state index contributed by atoms with van der Waals surface area (Å²) in [6.07, 6.45) is 1.24. The Labute approximate surface area is 179 Å². The van der Waals surface area contributed by atoms with Crippen LogP contribution in [-0.2, 0) is 0 Å². The topological polar surface area (TPSA) is 72.5 Å². The zero-order valence-corrected chi connectivity index (χ0v) is 16.2. The number of carbonyl (C=O) groups is 1. The number of pyridine rings is 1. The first kappa shape index (κ1) is 20.1. The minimum absolute atomic E-state index is 0.108. The zero-order valence-electron chi connectivity index (χ0n) is 16.2. The molecule has 2 N–H and O–H groups in total. The average Bonchev–Trinajstić information content (AvgIpc) is 3.47. The van der Waals surface area contributed by atoms with Gasteiger partial charge in [-0.05, 0) is 36.4 Å². The Kier molecular flexibility index (Phi) is 4.84. The molecular formula is C22H15F4N3O3. The summed E-state index contributed by atoms with van der Waals surface area (Å²) in [6, 6.07) is 7.44. The summed E-state index contributed by atoms with van der Waals surface area (Å²) in [5.74, 6) is -4.00. The van der Waals surface area contributed by atoms with Gasteiger partial charge in [-0.25, -0.2) is 22.9 Å². The lowest BCUT2D eigenvalue weighted by atomic mass is 10.0. The standard InChI is InChI=1S/C22H15F4N3O3/c23-12-5-6-14(25)21-18(12)17-11(9-31-21)20(17)29-22(30)28-16-7-4-10(8-27-16)32-15-3-1-2-13(24)19(15)26/h1-8,11,17,20H,9H2,(H2,27,28,29,30)/t11-,17+,20+/m0/s1. The van der Waals surface area contributed by atoms with E-state index in [4.69, 9.17) is 9.47 Å². The van der Waals surface area contributed by atoms with Gasteiger partial charge in [-0.1, -0.05) is 6.07 Å². The normalized spacial score (nSPS) is 20.4. The highest BCUT2D eigenvalue weighted by Gasteiger charge is 2.57. The van der Waals surface area contributed by atoms with Gasteiger partial charge >= 0.3 is 6.03 Å². The summed E-state index contributed by atoms with van der Waals surface area (Å²) in [4.78, 5) is 16.3. The summed E-state index contributed by atoms with van der Waals surface area (Å²) < 4.78 is 65.6. The third kappa shape index (κ3) is 3.57. The number of aromatic nitrogens is 1. The molecule has 164 valence electrons. The number of halogens is 4. The van der Waals surface area contributed by atoms with E-state index < -0.39 is 35.3 Å². The Bertz CT molecular complexity index is 1210. The number of ether oxygens (including phenoxy) is 2. The molecule has 0 saturated heterocycles. The summed E-state index contributed by atoms with van der Waals surface area (Å²) in [5.41, 5.74) is 0.135. The van der Waals surface area contributed by atoms with Gasteiger partial charge in [-0.15, -0.1) is 0 Å². The molecule has 2 aromatic carbocycles. The molecule has 2 heterocycles. The number of urea groups is 1. The summed E-state index contributed by atoms with van der Waals surface area (Å²) in [5, 5.41) is 5.24. The van der Waals surface area contributed by atoms with Crippen LogP contribution >= 0.6 is 0 Å². The maximum absolute atomic E-state index is 14.2. The molecule has 3 aromatic rings. The summed E-state index contributed by atoms with van der Waals surface area (Å²) >= 11 is 0. The van der Waals surface area contributed by atoms with Crippen molar-refractivity contribution < 1.29 is 31.8 Å². The van der Waals surface area contributed by atoms with Gasteiger partial charge < -0.3 is 14.8 Å². The minimum Gasteiger partial charge on any atom is -0.490 e. The van der Waals surface area contributed by atoms with Gasteiger partial charge in [0.05, 0.1) is 12.8 Å². The predicted octanol–water partition coefficient (Wildman–Crippen LogP) is 4.73. The molecule has 1 fully saturated rings. The van der Waals surface area contributed by atoms with Crippen molar-refractivity contribution in [1.82, 2.24) is 10.3 Å². The Morgan fingerprint density at radius 3 is 2.62 bits per heavy atom. The fourth-order valence-electron chi connectivity index (χ4n) is 3.87. The molecule has 32 heavy (non-hydrogen) atoms. The second kappa shape index (κ2) is 7.70. The van der Waals surface area contributed by atoms with E-state index in [1.807, 2.05) is 0 Å². The molecule has 0 spiro atoms. The van der Waals surface area contributed by atoms with Crippen LogP contribution < -0.4 is 20.1 Å². The van der Waals surface area contributed by atoms with Crippen LogP contribution in [-0.4, -0.2) is 23.7 Å². The Morgan fingerprint density at radius 1 is 1.03 bits per heavy atom. The number of carbonyl (C=O) groups excluding carboxylic acids is 1. The van der Waals surface area contributed by atoms with Crippen LogP contribution in [0.4, 0.5) is 28.2 Å². The fourth-order valence-corrected chi connectivity index (χ4v) is 3.87. The average molecular weight is 445 g/mol. The smallest absolute Gasteiger partial charge is 0.320 e. The van der Waals surface area contributed by atoms with Gasteiger partial charge in [0, 0.05) is 23.4 Å². The van der Waals surface area contributed by atoms with E-state index in [-0.39, 0.29) is 47.1 Å². The van der Waals surface area contributed by atoms with Gasteiger partial charge in [-0.3, -0.25) is 5.32 Å². The van der Waals surface area contributed by atoms with Crippen molar-refractivity contribution in [3.05, 3.63) is 77.5 Å². The Hall–Kier alpha value is -3.82. The maximum Gasteiger partial charge on any atom is 0.320 e. The van der Waals surface area contributed by atoms with Gasteiger partial charge in [-0.2, -0.15) is 4.39 Å². The fraction of sp³-hybridized carbons (Fsp3) is 0.182. The molecule has 3 atom stereocenters. The number of anilines is 1. The molecule has 1 aliphatic heterocycles. The highest BCUT2D eigenvalue weighted by Crippen LogP contribution is 2.55. The largest absolute Gasteiger partial charge is 0.490 e. The molecule has 10 heteroatoms. The Balaban J connectivity index is 1.21. The van der Waals surface area contributed by atoms with E-state index in [1.165, 1.54) is 30.5 Å². The first-order chi connectivity index (χ1) is 15.4. The van der Waals surface area contributed by atoms with Gasteiger partial charge in [0.2, 0.25) is 5.82 Å². The lowest BCUT2D eigenvalue weighted by Crippen LogP contribution is -2.32. The van der Waals surface area contributed by atoms with E-state index in [0.29, 0.717) is 0 Å². The van der Waals surface area contributed by atoms with Crippen molar-refractivity contribution in [1.29, 1.82) is 0 Å². The number of rotatable bonds is 4. The van der Waals surface area contributed by atoms with Gasteiger partial charge in [0.15, 0.2) is 23.1 Å². The predicted molar refractivity (Wildman–Crippen MR) is 105 cm³/mol. The number of fused-ring (bicyclic) bond motifs is 3. The summed E-state index contributed by atoms with van der Waals surface area (Å²) in [7, 11) is 0. The number of hydrogen-bond acceptors (Lipinski definition) is 4. The third-order valence-corrected chi connectivity index (χ3v) is 5.44. The van der Waals surface area contributed by atoms with E-state index in [0.717, 1.165) is 18.2 Å². The van der Waals surface area contributed by atoms with Crippen molar-refractivity contribution >= 4 is 11.8 Å². The minimum atomic E-state index is -1.12. The van der Waals surface area contributed by atoms with Crippen molar-refractivity contribution in [2.45, 2.75) is 12.0 Å². The highest BCUT2D eigenvalue weighted by molar-refractivity contribution is 5.89. The molecule has 0 bridgehead atoms. The first-order valence-corrected chi connectivity index (χ1v) is 9.68. The second-order valence-corrected chi connectivity index (χ2v) is 7.43. The molecular weight excluding hydrogens is 430 g/mol. The molecule has 2 amide bonds. The second-order valence-electron chi connectivity index (χ2n) is 7.43. The highest BCUT2D eigenvalue weighted by atomic mass is 19.2. The number of nitrogens with zero attached hydrogens (tertiary/aromatic N) is 1. The van der Waals surface area contributed by atoms with Crippen molar-refractivity contribution in [3.63, 3.8) is 0 Å². The molecule has 0 radical (unpaired) electrons. The maximum atomic E-state index is 14.2. The van der Waals surface area contributed by atoms with E-state index in [9.17, 15) is 22.4 Å². The van der Waals surface area contributed by atoms with Crippen LogP contribution in [0, 0.1) is 29.2 Å². The zero-order chi connectivity index (χ0) is 22.4. The summed E-state index contributed by atoms with van der Waals surface area (Å²) in [6.45, 7) is 0.171. The number of nitrogens with one attached hydrogen (secondary N) is 2. The van der Waals surface area contributed by atoms with Crippen LogP contribution in [0.5, 0.6) is 17.2 Å². The van der Waals surface area contributed by atoms with E-state index in [2.05, 4.69) is 15.6 Å². The molecule has 1 aromatic heterocycles. The first-order valence-electron chi connectivity index (χ1n) is 9.68. The lowest BCUT2D eigenvalue weighted by Gasteiger charge is -2.16. The van der Waals surface area contributed by atoms with Crippen LogP contribution in [0.2, 0.25) is 0 Å².